The molecule has 0 radical (unpaired) electrons. The van der Waals surface area contributed by atoms with Crippen LogP contribution in [0.4, 0.5) is 0 Å². The van der Waals surface area contributed by atoms with E-state index in [0.717, 1.165) is 18.7 Å². The normalized spacial score (nSPS) is 11.5. The molecule has 0 saturated heterocycles. The Hall–Kier alpha value is -3.06. The quantitative estimate of drug-likeness (QED) is 0.469. The zero-order valence-electron chi connectivity index (χ0n) is 18.7. The first-order chi connectivity index (χ1) is 14.8. The first-order valence-corrected chi connectivity index (χ1v) is 10.7. The lowest BCUT2D eigenvalue weighted by atomic mass is 9.98. The summed E-state index contributed by atoms with van der Waals surface area (Å²) in [4.78, 5) is 2.31. The fourth-order valence-electron chi connectivity index (χ4n) is 3.63. The summed E-state index contributed by atoms with van der Waals surface area (Å²) in [5, 5.41) is 38.7. The van der Waals surface area contributed by atoms with Gasteiger partial charge in [-0.05, 0) is 48.7 Å². The number of nitrogens with zero attached hydrogens (tertiary/aromatic N) is 4. The van der Waals surface area contributed by atoms with Crippen molar-refractivity contribution in [2.45, 2.75) is 52.6 Å². The predicted octanol–water partition coefficient (Wildman–Crippen LogP) is 4.47. The molecule has 7 nitrogen and oxygen atoms in total. The molecule has 1 heterocycles. The third-order valence-corrected chi connectivity index (χ3v) is 5.45. The summed E-state index contributed by atoms with van der Waals surface area (Å²) < 4.78 is 1.55. The van der Waals surface area contributed by atoms with E-state index in [1.54, 1.807) is 10.6 Å². The first kappa shape index (κ1) is 22.6. The fraction of sp³-hybridized carbons (Fsp3) is 0.417. The summed E-state index contributed by atoms with van der Waals surface area (Å²) in [6.45, 7) is 8.43. The Bertz CT molecular complexity index is 1010. The number of benzene rings is 2. The highest BCUT2D eigenvalue weighted by Crippen LogP contribution is 2.38. The maximum absolute atomic E-state index is 10.4. The number of hydrogen-bond donors (Lipinski definition) is 3. The topological polar surface area (TPSA) is 94.6 Å². The predicted molar refractivity (Wildman–Crippen MR) is 121 cm³/mol. The maximum atomic E-state index is 10.4. The van der Waals surface area contributed by atoms with Gasteiger partial charge in [-0.3, -0.25) is 4.57 Å². The van der Waals surface area contributed by atoms with Crippen molar-refractivity contribution in [2.24, 2.45) is 0 Å². The van der Waals surface area contributed by atoms with Crippen LogP contribution in [0.2, 0.25) is 0 Å². The Morgan fingerprint density at radius 3 is 2.29 bits per heavy atom. The Balaban J connectivity index is 1.83. The van der Waals surface area contributed by atoms with Gasteiger partial charge in [-0.2, -0.15) is 0 Å². The summed E-state index contributed by atoms with van der Waals surface area (Å²) in [6.07, 6.45) is 2.37. The number of hydrogen-bond acceptors (Lipinski definition) is 6. The van der Waals surface area contributed by atoms with E-state index in [-0.39, 0.29) is 23.4 Å². The minimum absolute atomic E-state index is 0.0334. The molecule has 0 aliphatic carbocycles. The van der Waals surface area contributed by atoms with Crippen LogP contribution < -0.4 is 0 Å². The number of aromatic nitrogens is 3. The molecule has 3 rings (SSSR count). The van der Waals surface area contributed by atoms with Crippen molar-refractivity contribution in [1.29, 1.82) is 0 Å². The van der Waals surface area contributed by atoms with Gasteiger partial charge in [0.05, 0.1) is 12.1 Å². The first-order valence-electron chi connectivity index (χ1n) is 10.7. The van der Waals surface area contributed by atoms with Crippen LogP contribution in [-0.2, 0) is 13.1 Å². The second-order valence-corrected chi connectivity index (χ2v) is 8.40. The van der Waals surface area contributed by atoms with Crippen molar-refractivity contribution >= 4 is 0 Å². The molecule has 0 aliphatic heterocycles. The molecule has 2 aromatic carbocycles. The summed E-state index contributed by atoms with van der Waals surface area (Å²) >= 11 is 0. The molecule has 0 saturated carbocycles. The molecule has 31 heavy (non-hydrogen) atoms. The van der Waals surface area contributed by atoms with Crippen LogP contribution in [0.5, 0.6) is 17.5 Å². The van der Waals surface area contributed by atoms with Crippen molar-refractivity contribution in [2.75, 3.05) is 13.6 Å². The molecule has 0 amide bonds. The van der Waals surface area contributed by atoms with Crippen molar-refractivity contribution in [3.8, 4) is 28.9 Å². The molecular formula is C24H32N4O3. The Morgan fingerprint density at radius 2 is 1.65 bits per heavy atom. The third kappa shape index (κ3) is 5.35. The molecule has 7 heteroatoms. The standard InChI is InChI=1S/C24H32N4O3/c1-5-6-11-27(4)14-17-7-9-18(10-8-17)15-28-23(25-26-24(28)31)20-12-19(16(2)3)21(29)13-22(20)30/h7-10,12-13,16,29-30H,5-6,11,14-15H2,1-4H3,(H,26,31). The van der Waals surface area contributed by atoms with E-state index in [1.165, 1.54) is 24.5 Å². The molecule has 0 atom stereocenters. The van der Waals surface area contributed by atoms with E-state index < -0.39 is 0 Å². The Kier molecular flexibility index (Phi) is 7.17. The molecule has 166 valence electrons. The van der Waals surface area contributed by atoms with Crippen LogP contribution in [0, 0.1) is 0 Å². The molecule has 0 aliphatic rings. The van der Waals surface area contributed by atoms with Crippen molar-refractivity contribution in [1.82, 2.24) is 19.7 Å². The van der Waals surface area contributed by atoms with Gasteiger partial charge in [-0.1, -0.05) is 56.6 Å². The van der Waals surface area contributed by atoms with Gasteiger partial charge in [-0.15, -0.1) is 5.10 Å². The summed E-state index contributed by atoms with van der Waals surface area (Å²) in [6, 6.07) is 11.0. The van der Waals surface area contributed by atoms with Crippen LogP contribution >= 0.6 is 0 Å². The van der Waals surface area contributed by atoms with Crippen molar-refractivity contribution in [3.05, 3.63) is 53.1 Å². The van der Waals surface area contributed by atoms with Gasteiger partial charge in [0.1, 0.15) is 11.5 Å². The van der Waals surface area contributed by atoms with Gasteiger partial charge in [0.15, 0.2) is 5.82 Å². The van der Waals surface area contributed by atoms with Crippen LogP contribution in [0.1, 0.15) is 56.2 Å². The molecule has 0 unspecified atom stereocenters. The summed E-state index contributed by atoms with van der Waals surface area (Å²) in [5.74, 6) is 0.333. The summed E-state index contributed by atoms with van der Waals surface area (Å²) in [7, 11) is 2.13. The second-order valence-electron chi connectivity index (χ2n) is 8.40. The Morgan fingerprint density at radius 1 is 0.968 bits per heavy atom. The SMILES string of the molecule is CCCCN(C)Cc1ccc(Cn2c(O)nnc2-c2cc(C(C)C)c(O)cc2O)cc1. The highest BCUT2D eigenvalue weighted by molar-refractivity contribution is 5.68. The second kappa shape index (κ2) is 9.83. The van der Waals surface area contributed by atoms with Gasteiger partial charge >= 0.3 is 6.01 Å². The molecule has 0 spiro atoms. The van der Waals surface area contributed by atoms with E-state index >= 15 is 0 Å². The number of phenols is 2. The van der Waals surface area contributed by atoms with Crippen LogP contribution in [0.15, 0.2) is 36.4 Å². The molecule has 1 aromatic heterocycles. The van der Waals surface area contributed by atoms with Crippen molar-refractivity contribution in [3.63, 3.8) is 0 Å². The lowest BCUT2D eigenvalue weighted by Crippen LogP contribution is -2.18. The van der Waals surface area contributed by atoms with Gasteiger partial charge in [0.25, 0.3) is 0 Å². The minimum atomic E-state index is -0.225. The van der Waals surface area contributed by atoms with E-state index in [0.29, 0.717) is 23.5 Å². The lowest BCUT2D eigenvalue weighted by molar-refractivity contribution is 0.321. The largest absolute Gasteiger partial charge is 0.508 e. The number of aromatic hydroxyl groups is 3. The Labute approximate surface area is 183 Å². The molecule has 0 bridgehead atoms. The zero-order chi connectivity index (χ0) is 22.5. The maximum Gasteiger partial charge on any atom is 0.315 e. The van der Waals surface area contributed by atoms with Crippen LogP contribution in [-0.4, -0.2) is 48.6 Å². The minimum Gasteiger partial charge on any atom is -0.508 e. The van der Waals surface area contributed by atoms with Gasteiger partial charge in [0, 0.05) is 12.6 Å². The van der Waals surface area contributed by atoms with Gasteiger partial charge in [-0.25, -0.2) is 0 Å². The molecule has 3 N–H and O–H groups in total. The fourth-order valence-corrected chi connectivity index (χ4v) is 3.63. The zero-order valence-corrected chi connectivity index (χ0v) is 18.7. The molecule has 3 aromatic rings. The van der Waals surface area contributed by atoms with Crippen LogP contribution in [0.3, 0.4) is 0 Å². The van der Waals surface area contributed by atoms with E-state index in [2.05, 4.69) is 41.2 Å². The molecule has 0 fully saturated rings. The highest BCUT2D eigenvalue weighted by atomic mass is 16.3. The number of unbranched alkanes of at least 4 members (excludes halogenated alkanes) is 1. The number of rotatable bonds is 9. The molecular weight excluding hydrogens is 392 g/mol. The van der Waals surface area contributed by atoms with Crippen molar-refractivity contribution < 1.29 is 15.3 Å². The smallest absolute Gasteiger partial charge is 0.315 e. The van der Waals surface area contributed by atoms with E-state index in [4.69, 9.17) is 0 Å². The third-order valence-electron chi connectivity index (χ3n) is 5.45. The summed E-state index contributed by atoms with van der Waals surface area (Å²) in [5.41, 5.74) is 3.33. The monoisotopic (exact) mass is 424 g/mol. The van der Waals surface area contributed by atoms with Crippen LogP contribution in [0.25, 0.3) is 11.4 Å². The number of phenolic OH excluding ortho intramolecular Hbond substituents is 2. The average Bonchev–Trinajstić information content (AvgIpc) is 3.08. The van der Waals surface area contributed by atoms with Gasteiger partial charge in [0.2, 0.25) is 0 Å². The average molecular weight is 425 g/mol. The van der Waals surface area contributed by atoms with E-state index in [9.17, 15) is 15.3 Å². The highest BCUT2D eigenvalue weighted by Gasteiger charge is 2.20. The van der Waals surface area contributed by atoms with Gasteiger partial charge < -0.3 is 20.2 Å². The lowest BCUT2D eigenvalue weighted by Gasteiger charge is -2.16. The van der Waals surface area contributed by atoms with E-state index in [1.807, 2.05) is 26.0 Å².